The van der Waals surface area contributed by atoms with E-state index >= 15 is 0 Å². The van der Waals surface area contributed by atoms with E-state index in [1.54, 1.807) is 19.1 Å². The number of carbonyl (C=O) groups is 3. The fourth-order valence-corrected chi connectivity index (χ4v) is 2.25. The lowest BCUT2D eigenvalue weighted by Crippen LogP contribution is -2.39. The Morgan fingerprint density at radius 1 is 1.38 bits per heavy atom. The third-order valence-corrected chi connectivity index (χ3v) is 3.58. The highest BCUT2D eigenvalue weighted by Gasteiger charge is 2.47. The zero-order chi connectivity index (χ0) is 17.9. The zero-order valence-corrected chi connectivity index (χ0v) is 13.3. The molecular formula is C16H17N3O5. The van der Waals surface area contributed by atoms with Crippen LogP contribution in [0.5, 0.6) is 0 Å². The predicted octanol–water partition coefficient (Wildman–Crippen LogP) is 2.36. The van der Waals surface area contributed by atoms with Gasteiger partial charge in [0, 0.05) is 0 Å². The van der Waals surface area contributed by atoms with Crippen LogP contribution in [0.3, 0.4) is 0 Å². The van der Waals surface area contributed by atoms with Gasteiger partial charge in [-0.05, 0) is 31.5 Å². The van der Waals surface area contributed by atoms with E-state index < -0.39 is 24.1 Å². The molecule has 1 saturated heterocycles. The van der Waals surface area contributed by atoms with Crippen molar-refractivity contribution >= 4 is 29.4 Å². The lowest BCUT2D eigenvalue weighted by molar-refractivity contribution is -0.119. The Kier molecular flexibility index (Phi) is 4.98. The number of anilines is 1. The van der Waals surface area contributed by atoms with Crippen LogP contribution in [0.2, 0.25) is 0 Å². The topological polar surface area (TPSA) is 99.5 Å². The number of ether oxygens (including phenoxy) is 1. The van der Waals surface area contributed by atoms with Gasteiger partial charge in [-0.15, -0.1) is 0 Å². The average Bonchev–Trinajstić information content (AvgIpc) is 2.81. The highest BCUT2D eigenvalue weighted by atomic mass is 16.6. The van der Waals surface area contributed by atoms with Gasteiger partial charge in [0.25, 0.3) is 5.91 Å². The standard InChI is InChI=1S/C16H17N3O5/c1-4-9-24-16(22)18-11(3)14(20)19(15(18)21)13-7-5-12(6-8-13)10(2)17-23/h4-8,11,23H,1,9H2,2-3H3/b17-10+. The van der Waals surface area contributed by atoms with Gasteiger partial charge in [0.05, 0.1) is 11.4 Å². The number of imide groups is 2. The Morgan fingerprint density at radius 3 is 2.54 bits per heavy atom. The number of rotatable bonds is 4. The molecule has 1 aromatic carbocycles. The highest BCUT2D eigenvalue weighted by Crippen LogP contribution is 2.26. The van der Waals surface area contributed by atoms with Gasteiger partial charge in [-0.1, -0.05) is 29.9 Å². The molecule has 1 aliphatic heterocycles. The van der Waals surface area contributed by atoms with E-state index in [4.69, 9.17) is 9.94 Å². The molecule has 0 aliphatic carbocycles. The number of amides is 4. The summed E-state index contributed by atoms with van der Waals surface area (Å²) in [4.78, 5) is 38.4. The summed E-state index contributed by atoms with van der Waals surface area (Å²) >= 11 is 0. The van der Waals surface area contributed by atoms with Crippen LogP contribution in [0.15, 0.2) is 42.1 Å². The molecule has 0 spiro atoms. The molecule has 8 heteroatoms. The monoisotopic (exact) mass is 331 g/mol. The number of hydrogen-bond donors (Lipinski definition) is 1. The minimum Gasteiger partial charge on any atom is -0.445 e. The first-order valence-corrected chi connectivity index (χ1v) is 7.16. The Morgan fingerprint density at radius 2 is 2.00 bits per heavy atom. The summed E-state index contributed by atoms with van der Waals surface area (Å²) in [6.07, 6.45) is 0.468. The Hall–Kier alpha value is -3.16. The van der Waals surface area contributed by atoms with Crippen molar-refractivity contribution in [3.8, 4) is 0 Å². The van der Waals surface area contributed by atoms with Crippen LogP contribution in [0, 0.1) is 0 Å². The molecule has 1 heterocycles. The molecule has 4 amide bonds. The molecule has 1 aromatic rings. The van der Waals surface area contributed by atoms with Crippen LogP contribution in [0.1, 0.15) is 19.4 Å². The Balaban J connectivity index is 2.28. The SMILES string of the molecule is C=CCOC(=O)N1C(=O)N(c2ccc(/C(C)=N/O)cc2)C(=O)C1C. The summed E-state index contributed by atoms with van der Waals surface area (Å²) in [5, 5.41) is 11.8. The Bertz CT molecular complexity index is 711. The number of hydrogen-bond acceptors (Lipinski definition) is 6. The van der Waals surface area contributed by atoms with Crippen LogP contribution < -0.4 is 4.90 Å². The molecular weight excluding hydrogens is 314 g/mol. The minimum atomic E-state index is -0.963. The summed E-state index contributed by atoms with van der Waals surface area (Å²) in [5.41, 5.74) is 1.34. The molecule has 24 heavy (non-hydrogen) atoms. The molecule has 1 N–H and O–H groups in total. The van der Waals surface area contributed by atoms with Gasteiger partial charge in [0.15, 0.2) is 0 Å². The smallest absolute Gasteiger partial charge is 0.419 e. The van der Waals surface area contributed by atoms with Crippen molar-refractivity contribution in [2.24, 2.45) is 5.16 Å². The van der Waals surface area contributed by atoms with Crippen molar-refractivity contribution in [1.29, 1.82) is 0 Å². The fraction of sp³-hybridized carbons (Fsp3) is 0.250. The third kappa shape index (κ3) is 2.98. The van der Waals surface area contributed by atoms with E-state index in [-0.39, 0.29) is 6.61 Å². The number of carbonyl (C=O) groups excluding carboxylic acids is 3. The van der Waals surface area contributed by atoms with Crippen LogP contribution in [-0.4, -0.2) is 46.5 Å². The maximum absolute atomic E-state index is 12.4. The van der Waals surface area contributed by atoms with Gasteiger partial charge in [-0.25, -0.2) is 19.4 Å². The number of urea groups is 1. The molecule has 2 rings (SSSR count). The average molecular weight is 331 g/mol. The number of benzene rings is 1. The Labute approximate surface area is 138 Å². The maximum Gasteiger partial charge on any atom is 0.419 e. The first kappa shape index (κ1) is 17.2. The zero-order valence-electron chi connectivity index (χ0n) is 13.3. The van der Waals surface area contributed by atoms with Crippen LogP contribution in [-0.2, 0) is 9.53 Å². The lowest BCUT2D eigenvalue weighted by atomic mass is 10.1. The van der Waals surface area contributed by atoms with Crippen molar-refractivity contribution in [1.82, 2.24) is 4.90 Å². The van der Waals surface area contributed by atoms with Crippen molar-refractivity contribution in [3.63, 3.8) is 0 Å². The normalized spacial score (nSPS) is 18.1. The first-order chi connectivity index (χ1) is 11.4. The summed E-state index contributed by atoms with van der Waals surface area (Å²) in [6, 6.07) is 4.54. The molecule has 1 fully saturated rings. The van der Waals surface area contributed by atoms with E-state index in [9.17, 15) is 14.4 Å². The van der Waals surface area contributed by atoms with E-state index in [0.29, 0.717) is 17.0 Å². The van der Waals surface area contributed by atoms with E-state index in [1.165, 1.54) is 25.1 Å². The number of nitrogens with zero attached hydrogens (tertiary/aromatic N) is 3. The van der Waals surface area contributed by atoms with Crippen LogP contribution in [0.25, 0.3) is 0 Å². The quantitative estimate of drug-likeness (QED) is 0.300. The summed E-state index contributed by atoms with van der Waals surface area (Å²) in [7, 11) is 0. The van der Waals surface area contributed by atoms with Crippen LogP contribution in [0.4, 0.5) is 15.3 Å². The molecule has 0 aromatic heterocycles. The van der Waals surface area contributed by atoms with E-state index in [2.05, 4.69) is 11.7 Å². The van der Waals surface area contributed by atoms with Gasteiger partial charge in [-0.3, -0.25) is 4.79 Å². The predicted molar refractivity (Wildman–Crippen MR) is 86.2 cm³/mol. The number of oxime groups is 1. The van der Waals surface area contributed by atoms with Crippen LogP contribution >= 0.6 is 0 Å². The molecule has 126 valence electrons. The van der Waals surface area contributed by atoms with Gasteiger partial charge in [0.2, 0.25) is 0 Å². The summed E-state index contributed by atoms with van der Waals surface area (Å²) in [6.45, 7) is 6.42. The van der Waals surface area contributed by atoms with Gasteiger partial charge < -0.3 is 9.94 Å². The summed E-state index contributed by atoms with van der Waals surface area (Å²) < 4.78 is 4.84. The molecule has 1 unspecified atom stereocenters. The second-order valence-corrected chi connectivity index (χ2v) is 5.10. The minimum absolute atomic E-state index is 0.0575. The maximum atomic E-state index is 12.4. The second kappa shape index (κ2) is 6.95. The largest absolute Gasteiger partial charge is 0.445 e. The molecule has 1 atom stereocenters. The molecule has 0 bridgehead atoms. The molecule has 0 radical (unpaired) electrons. The second-order valence-electron chi connectivity index (χ2n) is 5.10. The molecule has 0 saturated carbocycles. The highest BCUT2D eigenvalue weighted by molar-refractivity contribution is 6.24. The van der Waals surface area contributed by atoms with Crippen molar-refractivity contribution in [2.75, 3.05) is 11.5 Å². The first-order valence-electron chi connectivity index (χ1n) is 7.16. The van der Waals surface area contributed by atoms with Crippen molar-refractivity contribution in [3.05, 3.63) is 42.5 Å². The lowest BCUT2D eigenvalue weighted by Gasteiger charge is -2.16. The van der Waals surface area contributed by atoms with Gasteiger partial charge in [0.1, 0.15) is 12.6 Å². The summed E-state index contributed by atoms with van der Waals surface area (Å²) in [5.74, 6) is -0.532. The van der Waals surface area contributed by atoms with E-state index in [0.717, 1.165) is 9.80 Å². The van der Waals surface area contributed by atoms with Gasteiger partial charge >= 0.3 is 12.1 Å². The van der Waals surface area contributed by atoms with Crippen molar-refractivity contribution < 1.29 is 24.3 Å². The van der Waals surface area contributed by atoms with Crippen molar-refractivity contribution in [2.45, 2.75) is 19.9 Å². The fourth-order valence-electron chi connectivity index (χ4n) is 2.25. The van der Waals surface area contributed by atoms with E-state index in [1.807, 2.05) is 0 Å². The van der Waals surface area contributed by atoms with Gasteiger partial charge in [-0.2, -0.15) is 0 Å². The molecule has 1 aliphatic rings. The molecule has 8 nitrogen and oxygen atoms in total. The third-order valence-electron chi connectivity index (χ3n) is 3.58.